The molecular weight excluding hydrogens is 274 g/mol. The number of Topliss-reactive ketones (excluding diaryl/α,β-unsaturated/α-hetero) is 1. The molecule has 2 rings (SSSR count). The number of carbonyl (C=O) groups excluding carboxylic acids is 1. The van der Waals surface area contributed by atoms with Gasteiger partial charge in [-0.2, -0.15) is 13.2 Å². The number of hydrogen-bond donors (Lipinski definition) is 1. The highest BCUT2D eigenvalue weighted by Crippen LogP contribution is 2.33. The van der Waals surface area contributed by atoms with Gasteiger partial charge in [-0.3, -0.25) is 4.79 Å². The van der Waals surface area contributed by atoms with E-state index < -0.39 is 23.5 Å². The van der Waals surface area contributed by atoms with Gasteiger partial charge in [0, 0.05) is 17.5 Å². The molecule has 110 valence electrons. The van der Waals surface area contributed by atoms with Crippen LogP contribution in [0, 0.1) is 11.7 Å². The summed E-state index contributed by atoms with van der Waals surface area (Å²) in [5.74, 6) is -2.22. The maximum Gasteiger partial charge on any atom is 0.419 e. The molecule has 1 fully saturated rings. The summed E-state index contributed by atoms with van der Waals surface area (Å²) in [6, 6.07) is 1.99. The van der Waals surface area contributed by atoms with E-state index in [2.05, 4.69) is 0 Å². The monoisotopic (exact) mass is 289 g/mol. The molecule has 0 aromatic heterocycles. The molecule has 0 aliphatic heterocycles. The molecule has 20 heavy (non-hydrogen) atoms. The zero-order valence-corrected chi connectivity index (χ0v) is 10.7. The Balaban J connectivity index is 2.25. The van der Waals surface area contributed by atoms with Gasteiger partial charge >= 0.3 is 6.18 Å². The summed E-state index contributed by atoms with van der Waals surface area (Å²) >= 11 is 0. The van der Waals surface area contributed by atoms with Crippen molar-refractivity contribution in [1.82, 2.24) is 0 Å². The summed E-state index contributed by atoms with van der Waals surface area (Å²) in [7, 11) is 0. The maximum absolute atomic E-state index is 13.5. The fourth-order valence-electron chi connectivity index (χ4n) is 2.60. The van der Waals surface area contributed by atoms with Crippen LogP contribution in [-0.4, -0.2) is 11.8 Å². The zero-order valence-electron chi connectivity index (χ0n) is 10.7. The van der Waals surface area contributed by atoms with E-state index in [9.17, 15) is 22.4 Å². The summed E-state index contributed by atoms with van der Waals surface area (Å²) < 4.78 is 50.8. The average Bonchev–Trinajstić information content (AvgIpc) is 2.37. The van der Waals surface area contributed by atoms with E-state index in [-0.39, 0.29) is 17.4 Å². The first-order chi connectivity index (χ1) is 9.30. The molecule has 0 spiro atoms. The Hall–Kier alpha value is -1.43. The van der Waals surface area contributed by atoms with Crippen LogP contribution in [-0.2, 0) is 6.18 Å². The smallest absolute Gasteiger partial charge is 0.327 e. The number of rotatable bonds is 2. The van der Waals surface area contributed by atoms with Crippen molar-refractivity contribution in [2.45, 2.75) is 37.9 Å². The summed E-state index contributed by atoms with van der Waals surface area (Å²) in [6.07, 6.45) is -1.66. The molecule has 0 amide bonds. The molecule has 0 bridgehead atoms. The lowest BCUT2D eigenvalue weighted by atomic mass is 9.80. The van der Waals surface area contributed by atoms with Crippen LogP contribution in [0.1, 0.15) is 41.6 Å². The van der Waals surface area contributed by atoms with Crippen LogP contribution in [0.4, 0.5) is 17.6 Å². The molecule has 0 heterocycles. The van der Waals surface area contributed by atoms with Crippen LogP contribution in [0.25, 0.3) is 0 Å². The average molecular weight is 289 g/mol. The fraction of sp³-hybridized carbons (Fsp3) is 0.500. The van der Waals surface area contributed by atoms with Gasteiger partial charge in [0.25, 0.3) is 0 Å². The van der Waals surface area contributed by atoms with Gasteiger partial charge in [0.15, 0.2) is 5.78 Å². The second kappa shape index (κ2) is 5.52. The summed E-state index contributed by atoms with van der Waals surface area (Å²) in [5, 5.41) is 0. The van der Waals surface area contributed by atoms with Crippen molar-refractivity contribution in [2.24, 2.45) is 11.7 Å². The Morgan fingerprint density at radius 3 is 2.40 bits per heavy atom. The molecule has 2 atom stereocenters. The van der Waals surface area contributed by atoms with E-state index in [1.807, 2.05) is 0 Å². The third-order valence-electron chi connectivity index (χ3n) is 3.72. The third kappa shape index (κ3) is 3.00. The molecule has 1 aliphatic carbocycles. The Morgan fingerprint density at radius 2 is 1.85 bits per heavy atom. The molecule has 1 saturated carbocycles. The van der Waals surface area contributed by atoms with Crippen molar-refractivity contribution >= 4 is 5.78 Å². The number of halogens is 4. The fourth-order valence-corrected chi connectivity index (χ4v) is 2.60. The SMILES string of the molecule is NC1CCCCC1C(=O)c1ccc(C(F)(F)F)c(F)c1. The number of ketones is 1. The predicted molar refractivity (Wildman–Crippen MR) is 65.7 cm³/mol. The second-order valence-corrected chi connectivity index (χ2v) is 5.11. The summed E-state index contributed by atoms with van der Waals surface area (Å²) in [5.41, 5.74) is 4.46. The molecule has 6 heteroatoms. The predicted octanol–water partition coefficient (Wildman–Crippen LogP) is 3.54. The van der Waals surface area contributed by atoms with Crippen molar-refractivity contribution in [1.29, 1.82) is 0 Å². The van der Waals surface area contributed by atoms with E-state index >= 15 is 0 Å². The van der Waals surface area contributed by atoms with E-state index in [1.165, 1.54) is 0 Å². The molecular formula is C14H15F4NO. The van der Waals surface area contributed by atoms with Crippen LogP contribution >= 0.6 is 0 Å². The normalized spacial score (nSPS) is 23.6. The lowest BCUT2D eigenvalue weighted by Crippen LogP contribution is -2.38. The first-order valence-corrected chi connectivity index (χ1v) is 6.47. The van der Waals surface area contributed by atoms with E-state index in [4.69, 9.17) is 5.73 Å². The molecule has 2 N–H and O–H groups in total. The molecule has 1 aromatic rings. The topological polar surface area (TPSA) is 43.1 Å². The number of nitrogens with two attached hydrogens (primary N) is 1. The zero-order chi connectivity index (χ0) is 14.9. The number of hydrogen-bond acceptors (Lipinski definition) is 2. The van der Waals surface area contributed by atoms with E-state index in [0.29, 0.717) is 25.0 Å². The Bertz CT molecular complexity index is 512. The van der Waals surface area contributed by atoms with Gasteiger partial charge in [-0.25, -0.2) is 4.39 Å². The highest BCUT2D eigenvalue weighted by molar-refractivity contribution is 5.98. The Morgan fingerprint density at radius 1 is 1.20 bits per heavy atom. The van der Waals surface area contributed by atoms with Crippen LogP contribution < -0.4 is 5.73 Å². The summed E-state index contributed by atoms with van der Waals surface area (Å²) in [4.78, 5) is 12.2. The molecule has 1 aromatic carbocycles. The second-order valence-electron chi connectivity index (χ2n) is 5.11. The molecule has 2 unspecified atom stereocenters. The minimum Gasteiger partial charge on any atom is -0.327 e. The minimum absolute atomic E-state index is 0.0437. The quantitative estimate of drug-likeness (QED) is 0.668. The Kier molecular flexibility index (Phi) is 4.13. The highest BCUT2D eigenvalue weighted by Gasteiger charge is 2.35. The maximum atomic E-state index is 13.5. The van der Waals surface area contributed by atoms with Gasteiger partial charge in [0.05, 0.1) is 5.56 Å². The lowest BCUT2D eigenvalue weighted by molar-refractivity contribution is -0.140. The van der Waals surface area contributed by atoms with Crippen molar-refractivity contribution in [3.8, 4) is 0 Å². The van der Waals surface area contributed by atoms with E-state index in [1.54, 1.807) is 0 Å². The van der Waals surface area contributed by atoms with Crippen molar-refractivity contribution in [3.63, 3.8) is 0 Å². The lowest BCUT2D eigenvalue weighted by Gasteiger charge is -2.27. The third-order valence-corrected chi connectivity index (χ3v) is 3.72. The molecule has 2 nitrogen and oxygen atoms in total. The van der Waals surface area contributed by atoms with E-state index in [0.717, 1.165) is 18.9 Å². The van der Waals surface area contributed by atoms with Gasteiger partial charge < -0.3 is 5.73 Å². The Labute approximate surface area is 114 Å². The van der Waals surface area contributed by atoms with Crippen LogP contribution in [0.2, 0.25) is 0 Å². The standard InChI is InChI=1S/C14H15F4NO/c15-11-7-8(5-6-10(11)14(16,17)18)13(20)9-3-1-2-4-12(9)19/h5-7,9,12H,1-4,19H2. The van der Waals surface area contributed by atoms with Crippen molar-refractivity contribution < 1.29 is 22.4 Å². The van der Waals surface area contributed by atoms with Crippen LogP contribution in [0.15, 0.2) is 18.2 Å². The summed E-state index contributed by atoms with van der Waals surface area (Å²) in [6.45, 7) is 0. The van der Waals surface area contributed by atoms with Gasteiger partial charge in [-0.1, -0.05) is 18.9 Å². The highest BCUT2D eigenvalue weighted by atomic mass is 19.4. The van der Waals surface area contributed by atoms with Gasteiger partial charge in [-0.15, -0.1) is 0 Å². The molecule has 0 radical (unpaired) electrons. The largest absolute Gasteiger partial charge is 0.419 e. The molecule has 1 aliphatic rings. The minimum atomic E-state index is -4.76. The number of alkyl halides is 3. The first-order valence-electron chi connectivity index (χ1n) is 6.47. The van der Waals surface area contributed by atoms with Gasteiger partial charge in [0.1, 0.15) is 5.82 Å². The van der Waals surface area contributed by atoms with Gasteiger partial charge in [0.2, 0.25) is 0 Å². The van der Waals surface area contributed by atoms with Crippen LogP contribution in [0.3, 0.4) is 0 Å². The van der Waals surface area contributed by atoms with Gasteiger partial charge in [-0.05, 0) is 25.0 Å². The van der Waals surface area contributed by atoms with Crippen molar-refractivity contribution in [3.05, 3.63) is 35.1 Å². The number of benzene rings is 1. The molecule has 0 saturated heterocycles. The van der Waals surface area contributed by atoms with Crippen molar-refractivity contribution in [2.75, 3.05) is 0 Å². The first kappa shape index (κ1) is 15.0. The van der Waals surface area contributed by atoms with Crippen LogP contribution in [0.5, 0.6) is 0 Å². The number of carbonyl (C=O) groups is 1.